The fourth-order valence-electron chi connectivity index (χ4n) is 0.987. The van der Waals surface area contributed by atoms with Crippen molar-refractivity contribution in [3.63, 3.8) is 0 Å². The standard InChI is InChI=1S/C6H2ClN3O2S/c7-3-1-2-4-5(9-13-8-4)6(3)10(11)12/h1-2H. The van der Waals surface area contributed by atoms with E-state index in [4.69, 9.17) is 11.6 Å². The molecule has 0 aliphatic rings. The third-order valence-electron chi connectivity index (χ3n) is 1.53. The molecule has 0 unspecified atom stereocenters. The van der Waals surface area contributed by atoms with Crippen LogP contribution in [-0.4, -0.2) is 13.7 Å². The quantitative estimate of drug-likeness (QED) is 0.540. The van der Waals surface area contributed by atoms with Crippen LogP contribution in [0, 0.1) is 10.1 Å². The van der Waals surface area contributed by atoms with Gasteiger partial charge in [-0.05, 0) is 12.1 Å². The van der Waals surface area contributed by atoms with Gasteiger partial charge in [-0.2, -0.15) is 8.75 Å². The Morgan fingerprint density at radius 3 is 2.92 bits per heavy atom. The van der Waals surface area contributed by atoms with E-state index in [0.29, 0.717) is 5.52 Å². The van der Waals surface area contributed by atoms with E-state index < -0.39 is 4.92 Å². The maximum atomic E-state index is 10.6. The number of halogens is 1. The monoisotopic (exact) mass is 215 g/mol. The molecule has 0 saturated heterocycles. The lowest BCUT2D eigenvalue weighted by molar-refractivity contribution is -0.383. The highest BCUT2D eigenvalue weighted by Crippen LogP contribution is 2.31. The zero-order chi connectivity index (χ0) is 9.42. The normalized spacial score (nSPS) is 10.5. The van der Waals surface area contributed by atoms with E-state index in [9.17, 15) is 10.1 Å². The zero-order valence-corrected chi connectivity index (χ0v) is 7.67. The lowest BCUT2D eigenvalue weighted by Gasteiger charge is -1.93. The van der Waals surface area contributed by atoms with Crippen molar-refractivity contribution < 1.29 is 4.92 Å². The molecule has 0 bridgehead atoms. The molecule has 0 N–H and O–H groups in total. The minimum absolute atomic E-state index is 0.0881. The van der Waals surface area contributed by atoms with Gasteiger partial charge in [-0.25, -0.2) is 0 Å². The maximum absolute atomic E-state index is 10.6. The molecular weight excluding hydrogens is 214 g/mol. The molecule has 0 radical (unpaired) electrons. The van der Waals surface area contributed by atoms with Crippen LogP contribution in [0.15, 0.2) is 12.1 Å². The second-order valence-electron chi connectivity index (χ2n) is 2.29. The highest BCUT2D eigenvalue weighted by molar-refractivity contribution is 7.00. The Hall–Kier alpha value is -1.27. The number of nitro groups is 1. The molecule has 2 aromatic rings. The first kappa shape index (κ1) is 8.33. The number of rotatable bonds is 1. The van der Waals surface area contributed by atoms with Crippen molar-refractivity contribution in [2.24, 2.45) is 0 Å². The van der Waals surface area contributed by atoms with Crippen LogP contribution in [0.4, 0.5) is 5.69 Å². The SMILES string of the molecule is O=[N+]([O-])c1c(Cl)ccc2nsnc12. The fourth-order valence-corrected chi connectivity index (χ4v) is 1.75. The van der Waals surface area contributed by atoms with E-state index in [2.05, 4.69) is 8.75 Å². The van der Waals surface area contributed by atoms with Crippen LogP contribution in [0.3, 0.4) is 0 Å². The number of nitrogens with zero attached hydrogens (tertiary/aromatic N) is 3. The van der Waals surface area contributed by atoms with Crippen molar-refractivity contribution in [2.75, 3.05) is 0 Å². The Morgan fingerprint density at radius 2 is 2.23 bits per heavy atom. The van der Waals surface area contributed by atoms with E-state index >= 15 is 0 Å². The van der Waals surface area contributed by atoms with Crippen molar-refractivity contribution in [3.05, 3.63) is 27.3 Å². The van der Waals surface area contributed by atoms with Crippen molar-refractivity contribution in [1.29, 1.82) is 0 Å². The van der Waals surface area contributed by atoms with E-state index in [1.165, 1.54) is 6.07 Å². The van der Waals surface area contributed by atoms with E-state index in [1.807, 2.05) is 0 Å². The summed E-state index contributed by atoms with van der Waals surface area (Å²) in [5, 5.41) is 10.7. The predicted octanol–water partition coefficient (Wildman–Crippen LogP) is 2.25. The Balaban J connectivity index is 2.88. The predicted molar refractivity (Wildman–Crippen MR) is 49.1 cm³/mol. The molecule has 1 aromatic carbocycles. The lowest BCUT2D eigenvalue weighted by Crippen LogP contribution is -1.90. The van der Waals surface area contributed by atoms with E-state index in [1.54, 1.807) is 6.07 Å². The third-order valence-corrected chi connectivity index (χ3v) is 2.38. The Bertz CT molecular complexity index is 484. The van der Waals surface area contributed by atoms with Crippen LogP contribution in [-0.2, 0) is 0 Å². The molecule has 0 amide bonds. The van der Waals surface area contributed by atoms with Gasteiger partial charge in [0.15, 0.2) is 5.52 Å². The van der Waals surface area contributed by atoms with Crippen LogP contribution < -0.4 is 0 Å². The molecule has 0 fully saturated rings. The Morgan fingerprint density at radius 1 is 1.46 bits per heavy atom. The van der Waals surface area contributed by atoms with E-state index in [-0.39, 0.29) is 16.2 Å². The highest BCUT2D eigenvalue weighted by atomic mass is 35.5. The summed E-state index contributed by atoms with van der Waals surface area (Å²) in [5.41, 5.74) is 0.580. The van der Waals surface area contributed by atoms with Gasteiger partial charge in [0.25, 0.3) is 0 Å². The Labute approximate surface area is 81.4 Å². The molecule has 1 aromatic heterocycles. The molecule has 1 heterocycles. The molecule has 66 valence electrons. The van der Waals surface area contributed by atoms with Crippen LogP contribution in [0.5, 0.6) is 0 Å². The van der Waals surface area contributed by atoms with Crippen molar-refractivity contribution in [1.82, 2.24) is 8.75 Å². The summed E-state index contributed by atoms with van der Waals surface area (Å²) < 4.78 is 7.68. The van der Waals surface area contributed by atoms with Crippen molar-refractivity contribution in [3.8, 4) is 0 Å². The third kappa shape index (κ3) is 1.24. The number of fused-ring (bicyclic) bond motifs is 1. The molecule has 0 atom stereocenters. The summed E-state index contributed by atoms with van der Waals surface area (Å²) in [4.78, 5) is 10.0. The van der Waals surface area contributed by atoms with Crippen LogP contribution in [0.1, 0.15) is 0 Å². The minimum Gasteiger partial charge on any atom is -0.258 e. The molecule has 2 rings (SSSR count). The van der Waals surface area contributed by atoms with Crippen molar-refractivity contribution >= 4 is 40.0 Å². The average Bonchev–Trinajstić information content (AvgIpc) is 2.50. The van der Waals surface area contributed by atoms with Crippen LogP contribution >= 0.6 is 23.3 Å². The first-order valence-electron chi connectivity index (χ1n) is 3.25. The number of benzene rings is 1. The van der Waals surface area contributed by atoms with E-state index in [0.717, 1.165) is 11.7 Å². The molecule has 13 heavy (non-hydrogen) atoms. The molecule has 0 saturated carbocycles. The largest absolute Gasteiger partial charge is 0.316 e. The summed E-state index contributed by atoms with van der Waals surface area (Å²) in [5.74, 6) is 0. The maximum Gasteiger partial charge on any atom is 0.316 e. The van der Waals surface area contributed by atoms with Gasteiger partial charge in [0.05, 0.1) is 16.7 Å². The van der Waals surface area contributed by atoms with Gasteiger partial charge in [0, 0.05) is 0 Å². The number of hydrogen-bond donors (Lipinski definition) is 0. The fraction of sp³-hybridized carbons (Fsp3) is 0. The van der Waals surface area contributed by atoms with Gasteiger partial charge in [0.1, 0.15) is 10.5 Å². The molecule has 5 nitrogen and oxygen atoms in total. The smallest absolute Gasteiger partial charge is 0.258 e. The number of hydrogen-bond acceptors (Lipinski definition) is 5. The zero-order valence-electron chi connectivity index (χ0n) is 6.10. The van der Waals surface area contributed by atoms with Gasteiger partial charge in [-0.3, -0.25) is 10.1 Å². The minimum atomic E-state index is -0.550. The molecule has 7 heteroatoms. The first-order chi connectivity index (χ1) is 6.20. The number of aromatic nitrogens is 2. The second-order valence-corrected chi connectivity index (χ2v) is 3.22. The van der Waals surface area contributed by atoms with Gasteiger partial charge in [-0.15, -0.1) is 0 Å². The van der Waals surface area contributed by atoms with Crippen LogP contribution in [0.25, 0.3) is 11.0 Å². The molecular formula is C6H2ClN3O2S. The van der Waals surface area contributed by atoms with Gasteiger partial charge in [-0.1, -0.05) is 11.6 Å². The van der Waals surface area contributed by atoms with Gasteiger partial charge >= 0.3 is 5.69 Å². The average molecular weight is 216 g/mol. The molecule has 0 aliphatic heterocycles. The summed E-state index contributed by atoms with van der Waals surface area (Å²) in [7, 11) is 0. The first-order valence-corrected chi connectivity index (χ1v) is 4.36. The summed E-state index contributed by atoms with van der Waals surface area (Å²) in [6, 6.07) is 3.05. The summed E-state index contributed by atoms with van der Waals surface area (Å²) in [6.45, 7) is 0. The van der Waals surface area contributed by atoms with Crippen LogP contribution in [0.2, 0.25) is 5.02 Å². The molecule has 0 aliphatic carbocycles. The summed E-state index contributed by atoms with van der Waals surface area (Å²) in [6.07, 6.45) is 0. The van der Waals surface area contributed by atoms with Gasteiger partial charge < -0.3 is 0 Å². The number of nitro benzene ring substituents is 1. The van der Waals surface area contributed by atoms with Gasteiger partial charge in [0.2, 0.25) is 0 Å². The summed E-state index contributed by atoms with van der Waals surface area (Å²) >= 11 is 6.58. The molecule has 0 spiro atoms. The second kappa shape index (κ2) is 2.90. The Kier molecular flexibility index (Phi) is 1.86. The lowest BCUT2D eigenvalue weighted by atomic mass is 10.3. The highest BCUT2D eigenvalue weighted by Gasteiger charge is 2.19. The van der Waals surface area contributed by atoms with Crippen molar-refractivity contribution in [2.45, 2.75) is 0 Å². The topological polar surface area (TPSA) is 68.9 Å².